The summed E-state index contributed by atoms with van der Waals surface area (Å²) in [6.45, 7) is 2.42. The van der Waals surface area contributed by atoms with Crippen LogP contribution >= 0.6 is 12.4 Å². The van der Waals surface area contributed by atoms with Gasteiger partial charge in [0.1, 0.15) is 4.90 Å². The first kappa shape index (κ1) is 22.2. The van der Waals surface area contributed by atoms with E-state index < -0.39 is 10.0 Å². The second kappa shape index (κ2) is 9.91. The lowest BCUT2D eigenvalue weighted by Crippen LogP contribution is -2.38. The number of halogens is 1. The maximum atomic E-state index is 13.1. The monoisotopic (exact) mass is 423 g/mol. The van der Waals surface area contributed by atoms with E-state index >= 15 is 0 Å². The van der Waals surface area contributed by atoms with Gasteiger partial charge in [0.2, 0.25) is 0 Å². The molecule has 1 aliphatic heterocycles. The van der Waals surface area contributed by atoms with Crippen LogP contribution in [0.15, 0.2) is 59.5 Å². The second-order valence-electron chi connectivity index (χ2n) is 6.73. The summed E-state index contributed by atoms with van der Waals surface area (Å²) in [5.41, 5.74) is 0.713. The molecule has 0 spiro atoms. The van der Waals surface area contributed by atoms with Crippen LogP contribution in [0.2, 0.25) is 0 Å². The highest BCUT2D eigenvalue weighted by molar-refractivity contribution is 7.92. The van der Waals surface area contributed by atoms with E-state index in [1.54, 1.807) is 42.5 Å². The minimum absolute atomic E-state index is 0. The van der Waals surface area contributed by atoms with Crippen LogP contribution in [0.25, 0.3) is 0 Å². The van der Waals surface area contributed by atoms with Crippen LogP contribution in [-0.4, -0.2) is 41.0 Å². The first-order valence-corrected chi connectivity index (χ1v) is 10.6. The summed E-state index contributed by atoms with van der Waals surface area (Å²) in [5.74, 6) is 0.0136. The summed E-state index contributed by atoms with van der Waals surface area (Å²) in [4.78, 5) is 12.7. The number of carbonyl (C=O) groups is 1. The van der Waals surface area contributed by atoms with E-state index in [0.29, 0.717) is 18.2 Å². The van der Waals surface area contributed by atoms with Gasteiger partial charge in [-0.05, 0) is 56.1 Å². The predicted octanol–water partition coefficient (Wildman–Crippen LogP) is 2.66. The quantitative estimate of drug-likeness (QED) is 0.748. The smallest absolute Gasteiger partial charge is 0.264 e. The molecule has 1 heterocycles. The number of nitrogens with one attached hydrogen (secondary N) is 2. The van der Waals surface area contributed by atoms with Gasteiger partial charge in [-0.3, -0.25) is 9.10 Å². The molecule has 6 nitrogen and oxygen atoms in total. The molecule has 8 heteroatoms. The van der Waals surface area contributed by atoms with Crippen molar-refractivity contribution in [3.63, 3.8) is 0 Å². The minimum atomic E-state index is -3.85. The fraction of sp³-hybridized carbons (Fsp3) is 0.350. The van der Waals surface area contributed by atoms with Gasteiger partial charge in [-0.25, -0.2) is 8.42 Å². The average molecular weight is 424 g/mol. The molecule has 2 N–H and O–H groups in total. The lowest BCUT2D eigenvalue weighted by Gasteiger charge is -2.24. The standard InChI is InChI=1S/C20H25N3O3S.ClH/c1-23(17-9-3-2-4-10-17)27(25,26)19-12-6-5-11-18(19)20(24)22-15-16-8-7-13-21-14-16;/h2-6,9-12,16,21H,7-8,13-15H2,1H3,(H,22,24);1H. The minimum Gasteiger partial charge on any atom is -0.352 e. The van der Waals surface area contributed by atoms with Crippen molar-refractivity contribution in [3.05, 3.63) is 60.2 Å². The highest BCUT2D eigenvalue weighted by Gasteiger charge is 2.27. The Balaban J connectivity index is 0.00000280. The fourth-order valence-corrected chi connectivity index (χ4v) is 4.62. The maximum absolute atomic E-state index is 13.1. The maximum Gasteiger partial charge on any atom is 0.264 e. The first-order chi connectivity index (χ1) is 13.0. The van der Waals surface area contributed by atoms with Crippen LogP contribution in [-0.2, 0) is 10.0 Å². The van der Waals surface area contributed by atoms with Gasteiger partial charge in [0.25, 0.3) is 15.9 Å². The van der Waals surface area contributed by atoms with Crippen molar-refractivity contribution in [2.24, 2.45) is 5.92 Å². The van der Waals surface area contributed by atoms with Crippen LogP contribution in [0.4, 0.5) is 5.69 Å². The van der Waals surface area contributed by atoms with Crippen LogP contribution in [0.5, 0.6) is 0 Å². The summed E-state index contributed by atoms with van der Waals surface area (Å²) < 4.78 is 27.4. The summed E-state index contributed by atoms with van der Waals surface area (Å²) in [6.07, 6.45) is 2.15. The Labute approximate surface area is 172 Å². The summed E-state index contributed by atoms with van der Waals surface area (Å²) in [7, 11) is -2.36. The molecular weight excluding hydrogens is 398 g/mol. The molecule has 152 valence electrons. The number of para-hydroxylation sites is 1. The van der Waals surface area contributed by atoms with Gasteiger partial charge in [0.05, 0.1) is 11.3 Å². The Morgan fingerprint density at radius 2 is 1.82 bits per heavy atom. The fourth-order valence-electron chi connectivity index (χ4n) is 3.23. The number of anilines is 1. The topological polar surface area (TPSA) is 78.5 Å². The van der Waals surface area contributed by atoms with Crippen LogP contribution < -0.4 is 14.9 Å². The average Bonchev–Trinajstić information content (AvgIpc) is 2.72. The van der Waals surface area contributed by atoms with E-state index in [9.17, 15) is 13.2 Å². The van der Waals surface area contributed by atoms with Crippen molar-refractivity contribution >= 4 is 34.0 Å². The van der Waals surface area contributed by atoms with Crippen LogP contribution in [0.1, 0.15) is 23.2 Å². The molecule has 0 bridgehead atoms. The number of carbonyl (C=O) groups excluding carboxylic acids is 1. The lowest BCUT2D eigenvalue weighted by molar-refractivity contribution is 0.0941. The Morgan fingerprint density at radius 1 is 1.14 bits per heavy atom. The van der Waals surface area contributed by atoms with Gasteiger partial charge in [-0.15, -0.1) is 12.4 Å². The number of amides is 1. The number of rotatable bonds is 6. The third kappa shape index (κ3) is 5.04. The van der Waals surface area contributed by atoms with Crippen molar-refractivity contribution in [2.45, 2.75) is 17.7 Å². The molecular formula is C20H26ClN3O3S. The zero-order valence-corrected chi connectivity index (χ0v) is 17.4. The highest BCUT2D eigenvalue weighted by atomic mass is 35.5. The zero-order chi connectivity index (χ0) is 19.3. The molecule has 28 heavy (non-hydrogen) atoms. The van der Waals surface area contributed by atoms with Crippen LogP contribution in [0, 0.1) is 5.92 Å². The number of benzene rings is 2. The molecule has 1 atom stereocenters. The van der Waals surface area contributed by atoms with Gasteiger partial charge in [-0.2, -0.15) is 0 Å². The molecule has 0 saturated carbocycles. The van der Waals surface area contributed by atoms with E-state index in [1.165, 1.54) is 17.4 Å². The third-order valence-corrected chi connectivity index (χ3v) is 6.68. The van der Waals surface area contributed by atoms with Gasteiger partial charge in [0, 0.05) is 13.6 Å². The molecule has 2 aromatic rings. The Kier molecular flexibility index (Phi) is 7.86. The first-order valence-electron chi connectivity index (χ1n) is 9.12. The van der Waals surface area contributed by atoms with Gasteiger partial charge in [0.15, 0.2) is 0 Å². The summed E-state index contributed by atoms with van der Waals surface area (Å²) >= 11 is 0. The molecule has 1 unspecified atom stereocenters. The Hall–Kier alpha value is -2.09. The van der Waals surface area contributed by atoms with E-state index in [-0.39, 0.29) is 28.8 Å². The van der Waals surface area contributed by atoms with E-state index in [1.807, 2.05) is 6.07 Å². The molecule has 0 aromatic heterocycles. The highest BCUT2D eigenvalue weighted by Crippen LogP contribution is 2.24. The molecule has 1 saturated heterocycles. The molecule has 3 rings (SSSR count). The third-order valence-electron chi connectivity index (χ3n) is 4.84. The number of nitrogens with zero attached hydrogens (tertiary/aromatic N) is 1. The Bertz CT molecular complexity index is 885. The van der Waals surface area contributed by atoms with Gasteiger partial charge >= 0.3 is 0 Å². The zero-order valence-electron chi connectivity index (χ0n) is 15.8. The molecule has 0 aliphatic carbocycles. The number of piperidine rings is 1. The van der Waals surface area contributed by atoms with E-state index in [2.05, 4.69) is 10.6 Å². The number of hydrogen-bond donors (Lipinski definition) is 2. The molecule has 1 amide bonds. The lowest BCUT2D eigenvalue weighted by atomic mass is 10.00. The van der Waals surface area contributed by atoms with E-state index in [4.69, 9.17) is 0 Å². The molecule has 1 fully saturated rings. The Morgan fingerprint density at radius 3 is 2.50 bits per heavy atom. The normalized spacial score (nSPS) is 16.7. The predicted molar refractivity (Wildman–Crippen MR) is 114 cm³/mol. The van der Waals surface area contributed by atoms with Crippen molar-refractivity contribution < 1.29 is 13.2 Å². The van der Waals surface area contributed by atoms with Crippen molar-refractivity contribution in [3.8, 4) is 0 Å². The summed E-state index contributed by atoms with van der Waals surface area (Å²) in [5, 5.41) is 6.21. The molecule has 2 aromatic carbocycles. The van der Waals surface area contributed by atoms with Gasteiger partial charge < -0.3 is 10.6 Å². The van der Waals surface area contributed by atoms with Crippen LogP contribution in [0.3, 0.4) is 0 Å². The van der Waals surface area contributed by atoms with Crippen molar-refractivity contribution in [1.82, 2.24) is 10.6 Å². The number of sulfonamides is 1. The van der Waals surface area contributed by atoms with Crippen molar-refractivity contribution in [1.29, 1.82) is 0 Å². The van der Waals surface area contributed by atoms with Gasteiger partial charge in [-0.1, -0.05) is 30.3 Å². The number of hydrogen-bond acceptors (Lipinski definition) is 4. The van der Waals surface area contributed by atoms with Crippen molar-refractivity contribution in [2.75, 3.05) is 31.0 Å². The summed E-state index contributed by atoms with van der Waals surface area (Å²) in [6, 6.07) is 15.2. The molecule has 1 aliphatic rings. The van der Waals surface area contributed by atoms with E-state index in [0.717, 1.165) is 25.9 Å². The largest absolute Gasteiger partial charge is 0.352 e. The second-order valence-corrected chi connectivity index (χ2v) is 8.66. The SMILES string of the molecule is CN(c1ccccc1)S(=O)(=O)c1ccccc1C(=O)NCC1CCCNC1.Cl. The molecule has 0 radical (unpaired) electrons.